The number of nitrogens with zero attached hydrogens (tertiary/aromatic N) is 1. The number of hydrogen-bond donors (Lipinski definition) is 0. The van der Waals surface area contributed by atoms with E-state index in [9.17, 15) is 43.2 Å². The number of likely N-dealkylation sites (N-methyl/N-ethyl adjacent to an activating group) is 1. The molecule has 0 rings (SSSR count). The van der Waals surface area contributed by atoms with Crippen LogP contribution in [-0.2, 0) is 28.6 Å². The second kappa shape index (κ2) is 9.34. The Labute approximate surface area is 142 Å². The molecule has 154 valence electrons. The monoisotopic (exact) mass is 428 g/mol. The fraction of sp³-hybridized carbons (Fsp3) is 1.00. The minimum atomic E-state index is -6.85. The summed E-state index contributed by atoms with van der Waals surface area (Å²) in [5.41, 5.74) is -12.5. The molecule has 0 N–H and O–H groups in total. The Morgan fingerprint density at radius 1 is 0.840 bits per heavy atom. The molecule has 0 unspecified atom stereocenters. The van der Waals surface area contributed by atoms with Crippen molar-refractivity contribution in [2.24, 2.45) is 0 Å². The highest BCUT2D eigenvalue weighted by Gasteiger charge is 2.57. The van der Waals surface area contributed by atoms with Crippen molar-refractivity contribution in [1.82, 2.24) is 0 Å². The van der Waals surface area contributed by atoms with Crippen LogP contribution in [-0.4, -0.2) is 72.7 Å². The number of hydrogen-bond acceptors (Lipinski definition) is 6. The van der Waals surface area contributed by atoms with Gasteiger partial charge >= 0.3 is 31.3 Å². The van der Waals surface area contributed by atoms with E-state index < -0.39 is 31.3 Å². The van der Waals surface area contributed by atoms with E-state index in [0.29, 0.717) is 0 Å². The van der Waals surface area contributed by atoms with Crippen molar-refractivity contribution in [3.63, 3.8) is 0 Å². The summed E-state index contributed by atoms with van der Waals surface area (Å²) in [5, 5.41) is 0. The van der Waals surface area contributed by atoms with Crippen LogP contribution >= 0.6 is 0 Å². The highest BCUT2D eigenvalue weighted by molar-refractivity contribution is 8.00. The summed E-state index contributed by atoms with van der Waals surface area (Å²) >= 11 is 0. The van der Waals surface area contributed by atoms with E-state index in [0.717, 1.165) is 17.6 Å². The van der Waals surface area contributed by atoms with Gasteiger partial charge in [-0.1, -0.05) is 0 Å². The second-order valence-corrected chi connectivity index (χ2v) is 8.12. The molecule has 0 aliphatic rings. The van der Waals surface area contributed by atoms with Crippen molar-refractivity contribution >= 4 is 20.2 Å². The van der Waals surface area contributed by atoms with Gasteiger partial charge in [-0.05, 0) is 13.8 Å². The topological polar surface area (TPSA) is 86.7 Å². The molecule has 0 spiro atoms. The smallest absolute Gasteiger partial charge is 0.379 e. The highest BCUT2D eigenvalue weighted by atomic mass is 32.3. The largest absolute Gasteiger partial charge is 0.524 e. The molecule has 0 aliphatic carbocycles. The Morgan fingerprint density at radius 3 is 1.36 bits per heavy atom. The van der Waals surface area contributed by atoms with Gasteiger partial charge in [-0.15, -0.1) is 3.63 Å². The van der Waals surface area contributed by atoms with Crippen molar-refractivity contribution in [2.75, 3.05) is 40.4 Å². The summed E-state index contributed by atoms with van der Waals surface area (Å²) in [6, 6.07) is 0. The van der Waals surface area contributed by atoms with Gasteiger partial charge in [0.2, 0.25) is 0 Å². The zero-order valence-electron chi connectivity index (χ0n) is 13.8. The third-order valence-corrected chi connectivity index (χ3v) is 5.68. The summed E-state index contributed by atoms with van der Waals surface area (Å²) in [6.45, 7) is 8.83. The molecule has 15 heteroatoms. The van der Waals surface area contributed by atoms with Crippen LogP contribution in [0.5, 0.6) is 0 Å². The third kappa shape index (κ3) is 9.03. The molecule has 0 bridgehead atoms. The van der Waals surface area contributed by atoms with Crippen LogP contribution in [0.4, 0.5) is 26.3 Å². The molecule has 0 amide bonds. The Kier molecular flexibility index (Phi) is 9.93. The quantitative estimate of drug-likeness (QED) is 0.349. The van der Waals surface area contributed by atoms with Gasteiger partial charge in [-0.3, -0.25) is 0 Å². The molecule has 0 aromatic rings. The van der Waals surface area contributed by atoms with E-state index in [1.165, 1.54) is 13.1 Å². The highest BCUT2D eigenvalue weighted by Crippen LogP contribution is 2.32. The number of quaternary nitrogens is 1. The standard InChI is InChI=1S/C8H20NO.C2F6O5S2/c1-5-9(3,6-2)7-8-10-4;3-1(4,5)14(9,10)13-15(11,12)2(6,7)8/h5-8H2,1-4H3;/q+1;. The van der Waals surface area contributed by atoms with Crippen LogP contribution in [0.25, 0.3) is 0 Å². The molecular weight excluding hydrogens is 408 g/mol. The zero-order valence-corrected chi connectivity index (χ0v) is 15.4. The molecule has 0 saturated carbocycles. The average Bonchev–Trinajstić information content (AvgIpc) is 2.42. The molecule has 0 aromatic carbocycles. The Bertz CT molecular complexity index is 552. The Morgan fingerprint density at radius 2 is 1.16 bits per heavy atom. The first-order valence-electron chi connectivity index (χ1n) is 6.55. The van der Waals surface area contributed by atoms with E-state index >= 15 is 0 Å². The lowest BCUT2D eigenvalue weighted by Crippen LogP contribution is -2.45. The Balaban J connectivity index is 0. The van der Waals surface area contributed by atoms with Gasteiger partial charge in [-0.25, -0.2) is 0 Å². The lowest BCUT2D eigenvalue weighted by molar-refractivity contribution is -0.906. The molecule has 0 aromatic heterocycles. The summed E-state index contributed by atoms with van der Waals surface area (Å²) < 4.78 is 116. The van der Waals surface area contributed by atoms with E-state index in [2.05, 4.69) is 20.9 Å². The average molecular weight is 428 g/mol. The SMILES string of the molecule is CC[N+](C)(CC)CCOC.O=S(=O)(OS(=O)(=O)C(F)(F)F)C(F)(F)F. The second-order valence-electron chi connectivity index (χ2n) is 4.84. The molecule has 0 saturated heterocycles. The maximum absolute atomic E-state index is 11.4. The number of halogens is 6. The van der Waals surface area contributed by atoms with Crippen molar-refractivity contribution in [3.8, 4) is 0 Å². The van der Waals surface area contributed by atoms with Gasteiger partial charge in [0.15, 0.2) is 0 Å². The predicted molar refractivity (Wildman–Crippen MR) is 75.0 cm³/mol. The van der Waals surface area contributed by atoms with Crippen LogP contribution in [0.2, 0.25) is 0 Å². The van der Waals surface area contributed by atoms with E-state index in [4.69, 9.17) is 4.74 Å². The fourth-order valence-corrected chi connectivity index (χ4v) is 2.61. The summed E-state index contributed by atoms with van der Waals surface area (Å²) in [4.78, 5) is 0. The number of rotatable bonds is 7. The van der Waals surface area contributed by atoms with Crippen LogP contribution < -0.4 is 0 Å². The maximum Gasteiger partial charge on any atom is 0.524 e. The first kappa shape index (κ1) is 26.6. The van der Waals surface area contributed by atoms with Gasteiger partial charge in [0.05, 0.1) is 26.7 Å². The maximum atomic E-state index is 11.4. The van der Waals surface area contributed by atoms with Gasteiger partial charge in [-0.2, -0.15) is 43.2 Å². The lowest BCUT2D eigenvalue weighted by atomic mass is 10.4. The molecule has 0 aliphatic heterocycles. The van der Waals surface area contributed by atoms with Crippen LogP contribution in [0.3, 0.4) is 0 Å². The van der Waals surface area contributed by atoms with Crippen molar-refractivity contribution in [3.05, 3.63) is 0 Å². The normalized spacial score (nSPS) is 14.0. The van der Waals surface area contributed by atoms with Crippen LogP contribution in [0.15, 0.2) is 0 Å². The van der Waals surface area contributed by atoms with E-state index in [1.54, 1.807) is 7.11 Å². The molecule has 0 radical (unpaired) electrons. The molecular formula is C10H20F6NO6S2+. The van der Waals surface area contributed by atoms with Crippen molar-refractivity contribution in [1.29, 1.82) is 0 Å². The molecule has 0 heterocycles. The van der Waals surface area contributed by atoms with Crippen molar-refractivity contribution in [2.45, 2.75) is 24.9 Å². The van der Waals surface area contributed by atoms with Gasteiger partial charge in [0.1, 0.15) is 6.54 Å². The number of methoxy groups -OCH3 is 1. The minimum Gasteiger partial charge on any atom is -0.379 e. The first-order valence-corrected chi connectivity index (χ1v) is 9.37. The predicted octanol–water partition coefficient (Wildman–Crippen LogP) is 1.82. The van der Waals surface area contributed by atoms with E-state index in [1.807, 2.05) is 3.63 Å². The van der Waals surface area contributed by atoms with E-state index in [-0.39, 0.29) is 0 Å². The van der Waals surface area contributed by atoms with Crippen LogP contribution in [0.1, 0.15) is 13.8 Å². The molecule has 7 nitrogen and oxygen atoms in total. The number of ether oxygens (including phenoxy) is 1. The molecule has 0 atom stereocenters. The van der Waals surface area contributed by atoms with Gasteiger partial charge < -0.3 is 9.22 Å². The fourth-order valence-electron chi connectivity index (χ4n) is 1.05. The lowest BCUT2D eigenvalue weighted by Gasteiger charge is -2.31. The molecule has 0 fully saturated rings. The summed E-state index contributed by atoms with van der Waals surface area (Å²) in [7, 11) is -9.67. The summed E-state index contributed by atoms with van der Waals surface area (Å²) in [5.74, 6) is 0. The molecule has 25 heavy (non-hydrogen) atoms. The first-order chi connectivity index (χ1) is 10.9. The summed E-state index contributed by atoms with van der Waals surface area (Å²) in [6.07, 6.45) is 0. The third-order valence-electron chi connectivity index (χ3n) is 3.11. The number of alkyl halides is 6. The van der Waals surface area contributed by atoms with Gasteiger partial charge in [0.25, 0.3) is 0 Å². The zero-order chi connectivity index (χ0) is 20.7. The minimum absolute atomic E-state index is 0.873. The van der Waals surface area contributed by atoms with Crippen LogP contribution in [0, 0.1) is 0 Å². The Hall–Kier alpha value is -0.640. The van der Waals surface area contributed by atoms with Crippen molar-refractivity contribution < 1.29 is 56.0 Å². The van der Waals surface area contributed by atoms with Gasteiger partial charge in [0, 0.05) is 7.11 Å².